The predicted molar refractivity (Wildman–Crippen MR) is 38.8 cm³/mol. The first kappa shape index (κ1) is 6.58. The third kappa shape index (κ3) is 1.05. The minimum Gasteiger partial charge on any atom is -0.374 e. The Hall–Kier alpha value is -0.120. The van der Waals surface area contributed by atoms with Gasteiger partial charge in [-0.2, -0.15) is 0 Å². The lowest BCUT2D eigenvalue weighted by atomic mass is 10.2. The van der Waals surface area contributed by atoms with Gasteiger partial charge in [-0.1, -0.05) is 0 Å². The average Bonchev–Trinajstić information content (AvgIpc) is 2.72. The molecule has 0 bridgehead atoms. The molecule has 1 spiro atoms. The Labute approximate surface area is 60.9 Å². The van der Waals surface area contributed by atoms with Crippen LogP contribution in [-0.4, -0.2) is 31.3 Å². The Bertz CT molecular complexity index is 124. The normalized spacial score (nSPS) is 36.3. The van der Waals surface area contributed by atoms with Crippen LogP contribution in [0.5, 0.6) is 0 Å². The molecule has 0 radical (unpaired) electrons. The summed E-state index contributed by atoms with van der Waals surface area (Å²) in [4.78, 5) is 0. The lowest BCUT2D eigenvalue weighted by molar-refractivity contribution is 0.00251. The molecule has 1 saturated carbocycles. The van der Waals surface area contributed by atoms with Gasteiger partial charge in [0.1, 0.15) is 0 Å². The molecule has 1 aliphatic carbocycles. The molecule has 1 atom stereocenters. The minimum atomic E-state index is 0.256. The van der Waals surface area contributed by atoms with E-state index >= 15 is 0 Å². The van der Waals surface area contributed by atoms with Crippen molar-refractivity contribution in [2.45, 2.75) is 24.5 Å². The zero-order valence-electron chi connectivity index (χ0n) is 6.10. The summed E-state index contributed by atoms with van der Waals surface area (Å²) in [5, 5.41) is 3.47. The first-order valence-electron chi connectivity index (χ1n) is 3.91. The van der Waals surface area contributed by atoms with Crippen molar-refractivity contribution in [3.05, 3.63) is 0 Å². The molecule has 3 nitrogen and oxygen atoms in total. The molecular formula is C7H14N2O. The molecule has 0 aromatic heterocycles. The van der Waals surface area contributed by atoms with Crippen LogP contribution in [0.1, 0.15) is 12.8 Å². The van der Waals surface area contributed by atoms with Gasteiger partial charge in [0.05, 0.1) is 12.7 Å². The molecule has 1 aliphatic heterocycles. The van der Waals surface area contributed by atoms with E-state index in [2.05, 4.69) is 5.32 Å². The lowest BCUT2D eigenvalue weighted by Crippen LogP contribution is -2.50. The number of hydrogen-bond donors (Lipinski definition) is 2. The van der Waals surface area contributed by atoms with Crippen LogP contribution in [0, 0.1) is 0 Å². The maximum atomic E-state index is 5.52. The highest BCUT2D eigenvalue weighted by Gasteiger charge is 2.45. The Kier molecular flexibility index (Phi) is 1.44. The Balaban J connectivity index is 1.84. The molecule has 2 rings (SSSR count). The number of nitrogens with one attached hydrogen (secondary N) is 1. The summed E-state index contributed by atoms with van der Waals surface area (Å²) in [5.41, 5.74) is 5.83. The number of morpholine rings is 1. The summed E-state index contributed by atoms with van der Waals surface area (Å²) >= 11 is 0. The first-order valence-corrected chi connectivity index (χ1v) is 3.91. The summed E-state index contributed by atoms with van der Waals surface area (Å²) in [5.74, 6) is 0. The smallest absolute Gasteiger partial charge is 0.0822 e. The second-order valence-corrected chi connectivity index (χ2v) is 3.33. The third-order valence-corrected chi connectivity index (χ3v) is 2.42. The molecule has 58 valence electrons. The molecule has 2 fully saturated rings. The lowest BCUT2D eigenvalue weighted by Gasteiger charge is -2.29. The second kappa shape index (κ2) is 2.19. The van der Waals surface area contributed by atoms with Crippen molar-refractivity contribution in [1.29, 1.82) is 0 Å². The van der Waals surface area contributed by atoms with Crippen LogP contribution in [0.4, 0.5) is 0 Å². The van der Waals surface area contributed by atoms with Crippen molar-refractivity contribution in [3.63, 3.8) is 0 Å². The molecule has 10 heavy (non-hydrogen) atoms. The van der Waals surface area contributed by atoms with Gasteiger partial charge in [-0.25, -0.2) is 0 Å². The van der Waals surface area contributed by atoms with Crippen LogP contribution in [0.25, 0.3) is 0 Å². The molecule has 3 heteroatoms. The van der Waals surface area contributed by atoms with Crippen LogP contribution in [0.2, 0.25) is 0 Å². The van der Waals surface area contributed by atoms with Crippen molar-refractivity contribution in [1.82, 2.24) is 5.32 Å². The van der Waals surface area contributed by atoms with Gasteiger partial charge in [0, 0.05) is 18.6 Å². The highest BCUT2D eigenvalue weighted by Crippen LogP contribution is 2.37. The van der Waals surface area contributed by atoms with Gasteiger partial charge in [0.2, 0.25) is 0 Å². The van der Waals surface area contributed by atoms with E-state index in [1.165, 1.54) is 12.8 Å². The van der Waals surface area contributed by atoms with Crippen molar-refractivity contribution < 1.29 is 4.74 Å². The highest BCUT2D eigenvalue weighted by molar-refractivity contribution is 5.04. The van der Waals surface area contributed by atoms with E-state index in [-0.39, 0.29) is 6.10 Å². The van der Waals surface area contributed by atoms with E-state index in [4.69, 9.17) is 10.5 Å². The van der Waals surface area contributed by atoms with Crippen LogP contribution in [0.3, 0.4) is 0 Å². The Morgan fingerprint density at radius 3 is 2.80 bits per heavy atom. The SMILES string of the molecule is NCC1CNC2(CC2)CO1. The fourth-order valence-electron chi connectivity index (χ4n) is 1.34. The van der Waals surface area contributed by atoms with E-state index in [0.29, 0.717) is 12.1 Å². The van der Waals surface area contributed by atoms with E-state index < -0.39 is 0 Å². The summed E-state index contributed by atoms with van der Waals surface area (Å²) in [7, 11) is 0. The molecule has 1 saturated heterocycles. The monoisotopic (exact) mass is 142 g/mol. The second-order valence-electron chi connectivity index (χ2n) is 3.33. The van der Waals surface area contributed by atoms with Gasteiger partial charge >= 0.3 is 0 Å². The molecule has 0 aromatic carbocycles. The number of rotatable bonds is 1. The van der Waals surface area contributed by atoms with Gasteiger partial charge in [0.25, 0.3) is 0 Å². The van der Waals surface area contributed by atoms with Crippen LogP contribution in [-0.2, 0) is 4.74 Å². The highest BCUT2D eigenvalue weighted by atomic mass is 16.5. The van der Waals surface area contributed by atoms with E-state index in [1.807, 2.05) is 0 Å². The van der Waals surface area contributed by atoms with Crippen molar-refractivity contribution in [2.75, 3.05) is 19.7 Å². The number of nitrogens with two attached hydrogens (primary N) is 1. The van der Waals surface area contributed by atoms with E-state index in [1.54, 1.807) is 0 Å². The zero-order chi connectivity index (χ0) is 7.03. The standard InChI is InChI=1S/C7H14N2O/c8-3-6-4-9-7(1-2-7)5-10-6/h6,9H,1-5,8H2. The van der Waals surface area contributed by atoms with Crippen molar-refractivity contribution >= 4 is 0 Å². The van der Waals surface area contributed by atoms with Crippen molar-refractivity contribution in [3.8, 4) is 0 Å². The summed E-state index contributed by atoms with van der Waals surface area (Å²) in [6.07, 6.45) is 2.82. The minimum absolute atomic E-state index is 0.256. The third-order valence-electron chi connectivity index (χ3n) is 2.42. The first-order chi connectivity index (χ1) is 4.85. The fraction of sp³-hybridized carbons (Fsp3) is 1.00. The molecule has 2 aliphatic rings. The summed E-state index contributed by atoms with van der Waals surface area (Å²) < 4.78 is 5.52. The maximum absolute atomic E-state index is 5.52. The van der Waals surface area contributed by atoms with Gasteiger partial charge < -0.3 is 15.8 Å². The summed E-state index contributed by atoms with van der Waals surface area (Å²) in [6, 6.07) is 0. The van der Waals surface area contributed by atoms with Gasteiger partial charge in [0.15, 0.2) is 0 Å². The van der Waals surface area contributed by atoms with Gasteiger partial charge in [-0.15, -0.1) is 0 Å². The molecular weight excluding hydrogens is 128 g/mol. The van der Waals surface area contributed by atoms with Crippen molar-refractivity contribution in [2.24, 2.45) is 5.73 Å². The molecule has 0 amide bonds. The maximum Gasteiger partial charge on any atom is 0.0822 e. The van der Waals surface area contributed by atoms with Crippen LogP contribution < -0.4 is 11.1 Å². The molecule has 0 aromatic rings. The Morgan fingerprint density at radius 1 is 1.60 bits per heavy atom. The Morgan fingerprint density at radius 2 is 2.40 bits per heavy atom. The molecule has 3 N–H and O–H groups in total. The van der Waals surface area contributed by atoms with Gasteiger partial charge in [-0.05, 0) is 12.8 Å². The summed E-state index contributed by atoms with van der Waals surface area (Å²) in [6.45, 7) is 2.45. The fourth-order valence-corrected chi connectivity index (χ4v) is 1.34. The zero-order valence-corrected chi connectivity index (χ0v) is 6.10. The van der Waals surface area contributed by atoms with Crippen LogP contribution >= 0.6 is 0 Å². The van der Waals surface area contributed by atoms with Gasteiger partial charge in [-0.3, -0.25) is 0 Å². The average molecular weight is 142 g/mol. The molecule has 1 heterocycles. The number of ether oxygens (including phenoxy) is 1. The predicted octanol–water partition coefficient (Wildman–Crippen LogP) is -0.534. The molecule has 1 unspecified atom stereocenters. The topological polar surface area (TPSA) is 47.3 Å². The quantitative estimate of drug-likeness (QED) is 0.517. The largest absolute Gasteiger partial charge is 0.374 e. The van der Waals surface area contributed by atoms with E-state index in [0.717, 1.165) is 13.2 Å². The van der Waals surface area contributed by atoms with Crippen LogP contribution in [0.15, 0.2) is 0 Å². The number of hydrogen-bond acceptors (Lipinski definition) is 3. The van der Waals surface area contributed by atoms with E-state index in [9.17, 15) is 0 Å².